The van der Waals surface area contributed by atoms with E-state index in [1.807, 2.05) is 26.0 Å². The summed E-state index contributed by atoms with van der Waals surface area (Å²) in [5, 5.41) is 10.3. The van der Waals surface area contributed by atoms with Gasteiger partial charge in [0.2, 0.25) is 0 Å². The third kappa shape index (κ3) is 2.60. The quantitative estimate of drug-likeness (QED) is 0.809. The van der Waals surface area contributed by atoms with Crippen molar-refractivity contribution in [2.45, 2.75) is 19.3 Å². The summed E-state index contributed by atoms with van der Waals surface area (Å²) in [4.78, 5) is 0. The highest BCUT2D eigenvalue weighted by atomic mass is 35.5. The molecule has 1 nitrogen and oxygen atoms in total. The van der Waals surface area contributed by atoms with E-state index in [0.29, 0.717) is 10.0 Å². The molecule has 0 spiro atoms. The Kier molecular flexibility index (Phi) is 3.23. The van der Waals surface area contributed by atoms with Gasteiger partial charge in [0.05, 0.1) is 6.61 Å². The van der Waals surface area contributed by atoms with Crippen LogP contribution in [0.2, 0.25) is 10.0 Å². The van der Waals surface area contributed by atoms with Crippen LogP contribution in [0.5, 0.6) is 0 Å². The van der Waals surface area contributed by atoms with Crippen LogP contribution in [0.1, 0.15) is 19.4 Å². The molecule has 1 N–H and O–H groups in total. The van der Waals surface area contributed by atoms with Gasteiger partial charge in [-0.2, -0.15) is 0 Å². The van der Waals surface area contributed by atoms with E-state index in [1.165, 1.54) is 0 Å². The van der Waals surface area contributed by atoms with Crippen molar-refractivity contribution < 1.29 is 5.11 Å². The maximum absolute atomic E-state index is 9.14. The zero-order valence-electron chi connectivity index (χ0n) is 7.64. The largest absolute Gasteiger partial charge is 0.395 e. The average Bonchev–Trinajstić information content (AvgIpc) is 2.02. The van der Waals surface area contributed by atoms with Crippen molar-refractivity contribution in [2.75, 3.05) is 6.61 Å². The Labute approximate surface area is 88.3 Å². The zero-order valence-corrected chi connectivity index (χ0v) is 9.15. The summed E-state index contributed by atoms with van der Waals surface area (Å²) in [6.07, 6.45) is 0. The van der Waals surface area contributed by atoms with Gasteiger partial charge in [0, 0.05) is 15.5 Å². The number of rotatable bonds is 2. The van der Waals surface area contributed by atoms with Crippen LogP contribution < -0.4 is 0 Å². The van der Waals surface area contributed by atoms with E-state index in [4.69, 9.17) is 28.3 Å². The SMILES string of the molecule is CC(C)(CO)c1cc(Cl)cc(Cl)c1. The molecule has 0 aromatic heterocycles. The van der Waals surface area contributed by atoms with Gasteiger partial charge in [0.1, 0.15) is 0 Å². The second-order valence-corrected chi connectivity index (χ2v) is 4.57. The fourth-order valence-electron chi connectivity index (χ4n) is 1.04. The molecule has 3 heteroatoms. The van der Waals surface area contributed by atoms with E-state index >= 15 is 0 Å². The van der Waals surface area contributed by atoms with E-state index in [9.17, 15) is 0 Å². The first kappa shape index (κ1) is 10.8. The molecule has 0 aliphatic carbocycles. The summed E-state index contributed by atoms with van der Waals surface area (Å²) in [5.41, 5.74) is 0.654. The second-order valence-electron chi connectivity index (χ2n) is 3.70. The van der Waals surface area contributed by atoms with Crippen molar-refractivity contribution in [1.82, 2.24) is 0 Å². The fraction of sp³-hybridized carbons (Fsp3) is 0.400. The van der Waals surface area contributed by atoms with Crippen LogP contribution in [0.3, 0.4) is 0 Å². The lowest BCUT2D eigenvalue weighted by Crippen LogP contribution is -2.21. The van der Waals surface area contributed by atoms with Crippen molar-refractivity contribution in [1.29, 1.82) is 0 Å². The number of benzene rings is 1. The molecule has 1 aromatic carbocycles. The zero-order chi connectivity index (χ0) is 10.1. The number of halogens is 2. The molecule has 72 valence electrons. The molecule has 0 atom stereocenters. The topological polar surface area (TPSA) is 20.2 Å². The summed E-state index contributed by atoms with van der Waals surface area (Å²) >= 11 is 11.7. The predicted molar refractivity (Wildman–Crippen MR) is 56.6 cm³/mol. The molecule has 0 fully saturated rings. The highest BCUT2D eigenvalue weighted by Crippen LogP contribution is 2.28. The molecule has 0 bridgehead atoms. The van der Waals surface area contributed by atoms with Gasteiger partial charge >= 0.3 is 0 Å². The molecule has 0 aliphatic heterocycles. The summed E-state index contributed by atoms with van der Waals surface area (Å²) in [6, 6.07) is 5.33. The highest BCUT2D eigenvalue weighted by Gasteiger charge is 2.19. The minimum atomic E-state index is -0.297. The van der Waals surface area contributed by atoms with E-state index in [2.05, 4.69) is 0 Å². The molecule has 0 unspecified atom stereocenters. The van der Waals surface area contributed by atoms with E-state index in [-0.39, 0.29) is 12.0 Å². The Balaban J connectivity index is 3.15. The summed E-state index contributed by atoms with van der Waals surface area (Å²) in [7, 11) is 0. The Morgan fingerprint density at radius 3 is 2.00 bits per heavy atom. The summed E-state index contributed by atoms with van der Waals surface area (Å²) < 4.78 is 0. The van der Waals surface area contributed by atoms with Crippen molar-refractivity contribution >= 4 is 23.2 Å². The van der Waals surface area contributed by atoms with Crippen molar-refractivity contribution in [2.24, 2.45) is 0 Å². The first-order chi connectivity index (χ1) is 5.95. The monoisotopic (exact) mass is 218 g/mol. The van der Waals surface area contributed by atoms with Crippen LogP contribution in [0.15, 0.2) is 18.2 Å². The second kappa shape index (κ2) is 3.87. The van der Waals surface area contributed by atoms with Gasteiger partial charge < -0.3 is 5.11 Å². The van der Waals surface area contributed by atoms with Gasteiger partial charge in [-0.1, -0.05) is 37.0 Å². The Bertz CT molecular complexity index is 288. The highest BCUT2D eigenvalue weighted by molar-refractivity contribution is 6.34. The van der Waals surface area contributed by atoms with Gasteiger partial charge in [-0.05, 0) is 23.8 Å². The van der Waals surface area contributed by atoms with Crippen LogP contribution in [0.25, 0.3) is 0 Å². The van der Waals surface area contributed by atoms with Gasteiger partial charge in [-0.25, -0.2) is 0 Å². The lowest BCUT2D eigenvalue weighted by Gasteiger charge is -2.22. The summed E-state index contributed by atoms with van der Waals surface area (Å²) in [5.74, 6) is 0. The Hall–Kier alpha value is -0.240. The molecule has 13 heavy (non-hydrogen) atoms. The number of aliphatic hydroxyl groups is 1. The van der Waals surface area contributed by atoms with E-state index < -0.39 is 0 Å². The smallest absolute Gasteiger partial charge is 0.0522 e. The molecule has 0 aliphatic rings. The van der Waals surface area contributed by atoms with Crippen LogP contribution >= 0.6 is 23.2 Å². The lowest BCUT2D eigenvalue weighted by atomic mass is 9.86. The number of hydrogen-bond donors (Lipinski definition) is 1. The molecular formula is C10H12Cl2O. The maximum Gasteiger partial charge on any atom is 0.0522 e. The third-order valence-electron chi connectivity index (χ3n) is 2.04. The van der Waals surface area contributed by atoms with Crippen LogP contribution in [-0.4, -0.2) is 11.7 Å². The van der Waals surface area contributed by atoms with Gasteiger partial charge in [0.15, 0.2) is 0 Å². The van der Waals surface area contributed by atoms with E-state index in [0.717, 1.165) is 5.56 Å². The fourth-order valence-corrected chi connectivity index (χ4v) is 1.56. The first-order valence-electron chi connectivity index (χ1n) is 4.03. The molecule has 0 saturated carbocycles. The van der Waals surface area contributed by atoms with Crippen molar-refractivity contribution in [3.63, 3.8) is 0 Å². The lowest BCUT2D eigenvalue weighted by molar-refractivity contribution is 0.218. The average molecular weight is 219 g/mol. The van der Waals surface area contributed by atoms with Crippen molar-refractivity contribution in [3.05, 3.63) is 33.8 Å². The first-order valence-corrected chi connectivity index (χ1v) is 4.79. The number of hydrogen-bond acceptors (Lipinski definition) is 1. The molecule has 1 rings (SSSR count). The van der Waals surface area contributed by atoms with Gasteiger partial charge in [0.25, 0.3) is 0 Å². The number of aliphatic hydroxyl groups excluding tert-OH is 1. The normalized spacial score (nSPS) is 11.8. The molecule has 0 amide bonds. The molecule has 1 aromatic rings. The van der Waals surface area contributed by atoms with E-state index in [1.54, 1.807) is 6.07 Å². The Morgan fingerprint density at radius 2 is 1.62 bits per heavy atom. The molecule has 0 radical (unpaired) electrons. The minimum Gasteiger partial charge on any atom is -0.395 e. The van der Waals surface area contributed by atoms with Crippen molar-refractivity contribution in [3.8, 4) is 0 Å². The minimum absolute atomic E-state index is 0.0731. The standard InChI is InChI=1S/C10H12Cl2O/c1-10(2,6-13)7-3-8(11)5-9(12)4-7/h3-5,13H,6H2,1-2H3. The Morgan fingerprint density at radius 1 is 1.15 bits per heavy atom. The van der Waals surface area contributed by atoms with Gasteiger partial charge in [-0.15, -0.1) is 0 Å². The third-order valence-corrected chi connectivity index (χ3v) is 2.48. The van der Waals surface area contributed by atoms with Gasteiger partial charge in [-0.3, -0.25) is 0 Å². The maximum atomic E-state index is 9.14. The molecule has 0 heterocycles. The summed E-state index contributed by atoms with van der Waals surface area (Å²) in [6.45, 7) is 3.95. The van der Waals surface area contributed by atoms with Crippen LogP contribution in [0.4, 0.5) is 0 Å². The molecular weight excluding hydrogens is 207 g/mol. The van der Waals surface area contributed by atoms with Crippen LogP contribution in [-0.2, 0) is 5.41 Å². The molecule has 0 saturated heterocycles. The predicted octanol–water partition coefficient (Wildman–Crippen LogP) is 3.26. The van der Waals surface area contributed by atoms with Crippen LogP contribution in [0, 0.1) is 0 Å².